The number of aliphatic hydroxyl groups is 2. The van der Waals surface area contributed by atoms with Gasteiger partial charge in [0.15, 0.2) is 0 Å². The zero-order valence-electron chi connectivity index (χ0n) is 6.95. The molecule has 11 heavy (non-hydrogen) atoms. The molecular formula is C9H16O2. The molecule has 0 saturated carbocycles. The van der Waals surface area contributed by atoms with Gasteiger partial charge in [0.05, 0.1) is 12.2 Å². The van der Waals surface area contributed by atoms with Gasteiger partial charge in [0, 0.05) is 5.92 Å². The van der Waals surface area contributed by atoms with Crippen LogP contribution >= 0.6 is 0 Å². The Morgan fingerprint density at radius 1 is 1.64 bits per heavy atom. The number of hydrogen-bond donors (Lipinski definition) is 2. The Morgan fingerprint density at radius 3 is 2.82 bits per heavy atom. The van der Waals surface area contributed by atoms with Gasteiger partial charge in [-0.05, 0) is 26.2 Å². The molecule has 0 radical (unpaired) electrons. The first-order valence-corrected chi connectivity index (χ1v) is 4.17. The van der Waals surface area contributed by atoms with Gasteiger partial charge in [0.1, 0.15) is 0 Å². The molecule has 0 aliphatic heterocycles. The van der Waals surface area contributed by atoms with Gasteiger partial charge in [0.25, 0.3) is 0 Å². The predicted octanol–water partition coefficient (Wildman–Crippen LogP) is 1.09. The number of aliphatic hydroxyl groups excluding tert-OH is 1. The fourth-order valence-electron chi connectivity index (χ4n) is 1.45. The van der Waals surface area contributed by atoms with Crippen molar-refractivity contribution in [1.29, 1.82) is 0 Å². The van der Waals surface area contributed by atoms with Crippen LogP contribution in [-0.4, -0.2) is 22.4 Å². The van der Waals surface area contributed by atoms with Crippen molar-refractivity contribution < 1.29 is 10.2 Å². The van der Waals surface area contributed by atoms with E-state index in [1.165, 1.54) is 0 Å². The van der Waals surface area contributed by atoms with E-state index >= 15 is 0 Å². The first-order valence-electron chi connectivity index (χ1n) is 4.17. The largest absolute Gasteiger partial charge is 0.393 e. The van der Waals surface area contributed by atoms with Crippen molar-refractivity contribution in [3.63, 3.8) is 0 Å². The first kappa shape index (κ1) is 8.75. The summed E-state index contributed by atoms with van der Waals surface area (Å²) >= 11 is 0. The van der Waals surface area contributed by atoms with Gasteiger partial charge in [-0.1, -0.05) is 12.2 Å². The molecule has 64 valence electrons. The van der Waals surface area contributed by atoms with Crippen molar-refractivity contribution in [2.24, 2.45) is 5.92 Å². The predicted molar refractivity (Wildman–Crippen MR) is 44.2 cm³/mol. The van der Waals surface area contributed by atoms with Gasteiger partial charge >= 0.3 is 0 Å². The summed E-state index contributed by atoms with van der Waals surface area (Å²) in [5.41, 5.74) is -0.920. The molecule has 0 unspecified atom stereocenters. The molecule has 1 aliphatic rings. The molecule has 2 atom stereocenters. The third-order valence-corrected chi connectivity index (χ3v) is 2.37. The van der Waals surface area contributed by atoms with E-state index in [2.05, 4.69) is 6.08 Å². The smallest absolute Gasteiger partial charge is 0.0911 e. The van der Waals surface area contributed by atoms with E-state index in [-0.39, 0.29) is 12.5 Å². The Hall–Kier alpha value is -0.340. The van der Waals surface area contributed by atoms with Gasteiger partial charge in [-0.3, -0.25) is 0 Å². The van der Waals surface area contributed by atoms with Crippen LogP contribution in [0.25, 0.3) is 0 Å². The minimum atomic E-state index is -0.920. The monoisotopic (exact) mass is 156 g/mol. The van der Waals surface area contributed by atoms with Crippen LogP contribution in [0.3, 0.4) is 0 Å². The van der Waals surface area contributed by atoms with E-state index in [0.717, 1.165) is 19.3 Å². The fourth-order valence-corrected chi connectivity index (χ4v) is 1.45. The molecule has 2 heteroatoms. The van der Waals surface area contributed by atoms with E-state index in [4.69, 9.17) is 5.11 Å². The van der Waals surface area contributed by atoms with Gasteiger partial charge < -0.3 is 10.2 Å². The van der Waals surface area contributed by atoms with Crippen molar-refractivity contribution in [1.82, 2.24) is 0 Å². The van der Waals surface area contributed by atoms with Crippen LogP contribution in [0.5, 0.6) is 0 Å². The summed E-state index contributed by atoms with van der Waals surface area (Å²) < 4.78 is 0. The lowest BCUT2D eigenvalue weighted by atomic mass is 9.83. The van der Waals surface area contributed by atoms with Crippen molar-refractivity contribution in [2.75, 3.05) is 6.61 Å². The normalized spacial score (nSPS) is 29.9. The van der Waals surface area contributed by atoms with E-state index < -0.39 is 5.60 Å². The Balaban J connectivity index is 2.57. The second-order valence-corrected chi connectivity index (χ2v) is 3.48. The van der Waals surface area contributed by atoms with Crippen LogP contribution < -0.4 is 0 Å². The van der Waals surface area contributed by atoms with Crippen molar-refractivity contribution in [3.8, 4) is 0 Å². The summed E-state index contributed by atoms with van der Waals surface area (Å²) in [5, 5.41) is 18.5. The van der Waals surface area contributed by atoms with Crippen LogP contribution in [0.1, 0.15) is 26.2 Å². The number of hydrogen-bond acceptors (Lipinski definition) is 2. The molecule has 0 aromatic heterocycles. The molecule has 0 fully saturated rings. The quantitative estimate of drug-likeness (QED) is 0.587. The minimum Gasteiger partial charge on any atom is -0.393 e. The third kappa shape index (κ3) is 2.04. The second kappa shape index (κ2) is 3.37. The highest BCUT2D eigenvalue weighted by Gasteiger charge is 2.29. The third-order valence-electron chi connectivity index (χ3n) is 2.37. The standard InChI is InChI=1S/C9H16O2/c1-9(11,7-10)8-5-3-2-4-6-8/h3,5,8,10-11H,2,4,6-7H2,1H3/t8-,9+/m0/s1. The van der Waals surface area contributed by atoms with E-state index in [9.17, 15) is 5.11 Å². The molecule has 0 spiro atoms. The Bertz CT molecular complexity index is 150. The van der Waals surface area contributed by atoms with Crippen molar-refractivity contribution >= 4 is 0 Å². The topological polar surface area (TPSA) is 40.5 Å². The summed E-state index contributed by atoms with van der Waals surface area (Å²) in [6, 6.07) is 0. The Morgan fingerprint density at radius 2 is 2.36 bits per heavy atom. The molecule has 0 aromatic carbocycles. The van der Waals surface area contributed by atoms with Crippen LogP contribution in [0.4, 0.5) is 0 Å². The average Bonchev–Trinajstić information content (AvgIpc) is 2.06. The molecule has 0 saturated heterocycles. The maximum atomic E-state index is 9.65. The molecule has 0 heterocycles. The van der Waals surface area contributed by atoms with Crippen LogP contribution in [0, 0.1) is 5.92 Å². The summed E-state index contributed by atoms with van der Waals surface area (Å²) in [5.74, 6) is 0.140. The van der Waals surface area contributed by atoms with E-state index in [1.807, 2.05) is 6.08 Å². The minimum absolute atomic E-state index is 0.140. The summed E-state index contributed by atoms with van der Waals surface area (Å²) in [7, 11) is 0. The van der Waals surface area contributed by atoms with Crippen LogP contribution in [-0.2, 0) is 0 Å². The summed E-state index contributed by atoms with van der Waals surface area (Å²) in [4.78, 5) is 0. The molecule has 1 aliphatic carbocycles. The van der Waals surface area contributed by atoms with Crippen molar-refractivity contribution in [3.05, 3.63) is 12.2 Å². The van der Waals surface area contributed by atoms with Gasteiger partial charge in [0.2, 0.25) is 0 Å². The lowest BCUT2D eigenvalue weighted by molar-refractivity contribution is -0.0354. The molecule has 0 aromatic rings. The average molecular weight is 156 g/mol. The lowest BCUT2D eigenvalue weighted by Crippen LogP contribution is -2.37. The lowest BCUT2D eigenvalue weighted by Gasteiger charge is -2.30. The molecule has 2 nitrogen and oxygen atoms in total. The van der Waals surface area contributed by atoms with E-state index in [0.29, 0.717) is 0 Å². The first-order chi connectivity index (χ1) is 5.17. The zero-order chi connectivity index (χ0) is 8.32. The van der Waals surface area contributed by atoms with Crippen LogP contribution in [0.2, 0.25) is 0 Å². The van der Waals surface area contributed by atoms with Crippen molar-refractivity contribution in [2.45, 2.75) is 31.8 Å². The summed E-state index contributed by atoms with van der Waals surface area (Å²) in [6.45, 7) is 1.54. The van der Waals surface area contributed by atoms with Crippen LogP contribution in [0.15, 0.2) is 12.2 Å². The van der Waals surface area contributed by atoms with Gasteiger partial charge in [-0.15, -0.1) is 0 Å². The summed E-state index contributed by atoms with van der Waals surface area (Å²) in [6.07, 6.45) is 7.32. The Kier molecular flexibility index (Phi) is 2.68. The second-order valence-electron chi connectivity index (χ2n) is 3.48. The highest BCUT2D eigenvalue weighted by molar-refractivity contribution is 5.00. The van der Waals surface area contributed by atoms with Gasteiger partial charge in [-0.2, -0.15) is 0 Å². The zero-order valence-corrected chi connectivity index (χ0v) is 6.95. The number of rotatable bonds is 2. The van der Waals surface area contributed by atoms with Gasteiger partial charge in [-0.25, -0.2) is 0 Å². The Labute approximate surface area is 67.6 Å². The highest BCUT2D eigenvalue weighted by atomic mass is 16.3. The maximum Gasteiger partial charge on any atom is 0.0911 e. The molecule has 2 N–H and O–H groups in total. The highest BCUT2D eigenvalue weighted by Crippen LogP contribution is 2.27. The maximum absolute atomic E-state index is 9.65. The molecular weight excluding hydrogens is 140 g/mol. The van der Waals surface area contributed by atoms with E-state index in [1.54, 1.807) is 6.92 Å². The molecule has 0 bridgehead atoms. The fraction of sp³-hybridized carbons (Fsp3) is 0.778. The SMILES string of the molecule is C[C@@](O)(CO)[C@H]1C=CCCC1. The molecule has 0 amide bonds. The molecule has 1 rings (SSSR count). The number of allylic oxidation sites excluding steroid dienone is 1.